The Labute approximate surface area is 59.8 Å². The third kappa shape index (κ3) is 96.0. The molecule has 0 aliphatic rings. The molecule has 0 bridgehead atoms. The van der Waals surface area contributed by atoms with E-state index in [1.165, 1.54) is 0 Å². The molecule has 0 aromatic rings. The molecule has 0 saturated heterocycles. The van der Waals surface area contributed by atoms with Crippen molar-refractivity contribution < 1.29 is 9.90 Å². The first kappa shape index (κ1) is 11.4. The molecule has 0 rings (SSSR count). The molecule has 0 aliphatic carbocycles. The van der Waals surface area contributed by atoms with Gasteiger partial charge in [0.25, 0.3) is 0 Å². The van der Waals surface area contributed by atoms with Crippen LogP contribution in [0.15, 0.2) is 0 Å². The molecule has 3 nitrogen and oxygen atoms in total. The lowest BCUT2D eigenvalue weighted by Gasteiger charge is -1.87. The van der Waals surface area contributed by atoms with Crippen LogP contribution in [0.2, 0.25) is 0 Å². The van der Waals surface area contributed by atoms with Crippen molar-refractivity contribution in [3.63, 3.8) is 0 Å². The van der Waals surface area contributed by atoms with Crippen LogP contribution < -0.4 is 5.73 Å². The van der Waals surface area contributed by atoms with Gasteiger partial charge in [0.2, 0.25) is 0 Å². The second-order valence-corrected chi connectivity index (χ2v) is 2.27. The first-order chi connectivity index (χ1) is 4.00. The fourth-order valence-electron chi connectivity index (χ4n) is 0. The maximum Gasteiger partial charge on any atom is 0.402 e. The van der Waals surface area contributed by atoms with Crippen molar-refractivity contribution in [1.82, 2.24) is 0 Å². The minimum absolute atomic E-state index is 0.356. The highest BCUT2D eigenvalue weighted by atomic mass is 35.5. The number of carbonyl (C=O) groups is 1. The summed E-state index contributed by atoms with van der Waals surface area (Å²) in [5.41, 5.74) is 4.03. The van der Waals surface area contributed by atoms with Crippen LogP contribution in [-0.4, -0.2) is 16.6 Å². The number of rotatable bonds is 1. The Balaban J connectivity index is 0. The van der Waals surface area contributed by atoms with Crippen molar-refractivity contribution in [3.05, 3.63) is 0 Å². The minimum atomic E-state index is -1.33. The van der Waals surface area contributed by atoms with E-state index >= 15 is 0 Å². The van der Waals surface area contributed by atoms with Crippen molar-refractivity contribution in [2.45, 2.75) is 25.6 Å². The molecule has 3 N–H and O–H groups in total. The van der Waals surface area contributed by atoms with Crippen LogP contribution in [0, 0.1) is 0 Å². The molecule has 0 heterocycles. The average molecular weight is 154 g/mol. The van der Waals surface area contributed by atoms with Crippen LogP contribution in [0.5, 0.6) is 0 Å². The van der Waals surface area contributed by atoms with Crippen LogP contribution in [0.1, 0.15) is 20.3 Å². The van der Waals surface area contributed by atoms with E-state index in [9.17, 15) is 0 Å². The molecule has 1 atom stereocenters. The minimum Gasteiger partial charge on any atom is -0.465 e. The zero-order valence-corrected chi connectivity index (χ0v) is 6.35. The van der Waals surface area contributed by atoms with Crippen molar-refractivity contribution in [1.29, 1.82) is 0 Å². The quantitative estimate of drug-likeness (QED) is 0.563. The SMILES string of the molecule is CCC(C)Cl.NC(=O)O. The Kier molecular flexibility index (Phi) is 9.55. The van der Waals surface area contributed by atoms with E-state index in [2.05, 4.69) is 12.7 Å². The topological polar surface area (TPSA) is 63.3 Å². The predicted molar refractivity (Wildman–Crippen MR) is 37.8 cm³/mol. The van der Waals surface area contributed by atoms with Crippen molar-refractivity contribution in [2.75, 3.05) is 0 Å². The smallest absolute Gasteiger partial charge is 0.402 e. The molecule has 4 heteroatoms. The van der Waals surface area contributed by atoms with Gasteiger partial charge in [-0.15, -0.1) is 11.6 Å². The molecule has 0 spiro atoms. The number of nitrogens with two attached hydrogens (primary N) is 1. The van der Waals surface area contributed by atoms with Gasteiger partial charge >= 0.3 is 6.09 Å². The van der Waals surface area contributed by atoms with Crippen LogP contribution in [0.25, 0.3) is 0 Å². The number of halogens is 1. The highest BCUT2D eigenvalue weighted by Gasteiger charge is 1.83. The summed E-state index contributed by atoms with van der Waals surface area (Å²) in [6.07, 6.45) is -0.262. The largest absolute Gasteiger partial charge is 0.465 e. The molecule has 0 aliphatic heterocycles. The molecule has 1 amide bonds. The Bertz CT molecular complexity index is 71.4. The molecule has 9 heavy (non-hydrogen) atoms. The number of alkyl halides is 1. The Morgan fingerprint density at radius 2 is 2.00 bits per heavy atom. The summed E-state index contributed by atoms with van der Waals surface area (Å²) in [4.78, 5) is 8.78. The van der Waals surface area contributed by atoms with Crippen molar-refractivity contribution in [3.8, 4) is 0 Å². The third-order valence-corrected chi connectivity index (χ3v) is 0.871. The summed E-state index contributed by atoms with van der Waals surface area (Å²) in [5, 5.41) is 7.55. The number of primary amides is 1. The predicted octanol–water partition coefficient (Wildman–Crippen LogP) is 1.65. The molecule has 0 aromatic carbocycles. The van der Waals surface area contributed by atoms with Gasteiger partial charge in [0.1, 0.15) is 0 Å². The van der Waals surface area contributed by atoms with Crippen molar-refractivity contribution >= 4 is 17.7 Å². The van der Waals surface area contributed by atoms with E-state index in [1.807, 2.05) is 6.92 Å². The molecule has 56 valence electrons. The van der Waals surface area contributed by atoms with Gasteiger partial charge in [-0.25, -0.2) is 4.79 Å². The lowest BCUT2D eigenvalue weighted by atomic mass is 10.4. The fraction of sp³-hybridized carbons (Fsp3) is 0.800. The lowest BCUT2D eigenvalue weighted by Crippen LogP contribution is -2.03. The van der Waals surface area contributed by atoms with E-state index in [0.717, 1.165) is 6.42 Å². The third-order valence-electron chi connectivity index (χ3n) is 0.563. The second kappa shape index (κ2) is 7.56. The van der Waals surface area contributed by atoms with Gasteiger partial charge in [-0.05, 0) is 13.3 Å². The summed E-state index contributed by atoms with van der Waals surface area (Å²) in [7, 11) is 0. The van der Waals surface area contributed by atoms with Crippen LogP contribution >= 0.6 is 11.6 Å². The van der Waals surface area contributed by atoms with Gasteiger partial charge in [-0.1, -0.05) is 6.92 Å². The Morgan fingerprint density at radius 3 is 2.00 bits per heavy atom. The maximum atomic E-state index is 8.78. The molecule has 1 unspecified atom stereocenters. The number of amides is 1. The standard InChI is InChI=1S/C4H9Cl.CH3NO2/c1-3-4(2)5;2-1(3)4/h4H,3H2,1-2H3;2H2,(H,3,4). The van der Waals surface area contributed by atoms with E-state index in [0.29, 0.717) is 5.38 Å². The zero-order valence-electron chi connectivity index (χ0n) is 5.60. The first-order valence-electron chi connectivity index (χ1n) is 2.63. The van der Waals surface area contributed by atoms with Gasteiger partial charge in [-0.2, -0.15) is 0 Å². The first-order valence-corrected chi connectivity index (χ1v) is 3.06. The van der Waals surface area contributed by atoms with Crippen molar-refractivity contribution in [2.24, 2.45) is 5.73 Å². The van der Waals surface area contributed by atoms with Gasteiger partial charge in [0, 0.05) is 5.38 Å². The number of hydrogen-bond acceptors (Lipinski definition) is 1. The zero-order chi connectivity index (χ0) is 7.86. The summed E-state index contributed by atoms with van der Waals surface area (Å²) < 4.78 is 0. The Hall–Kier alpha value is -0.440. The van der Waals surface area contributed by atoms with Gasteiger partial charge in [0.05, 0.1) is 0 Å². The normalized spacial score (nSPS) is 11.0. The van der Waals surface area contributed by atoms with E-state index in [-0.39, 0.29) is 0 Å². The molecule has 0 aromatic heterocycles. The summed E-state index contributed by atoms with van der Waals surface area (Å²) >= 11 is 5.46. The van der Waals surface area contributed by atoms with Crippen LogP contribution in [0.4, 0.5) is 4.79 Å². The highest BCUT2D eigenvalue weighted by Crippen LogP contribution is 1.95. The van der Waals surface area contributed by atoms with E-state index < -0.39 is 6.09 Å². The second-order valence-electron chi connectivity index (χ2n) is 1.53. The lowest BCUT2D eigenvalue weighted by molar-refractivity contribution is 0.205. The van der Waals surface area contributed by atoms with Gasteiger partial charge in [-0.3, -0.25) is 0 Å². The number of hydrogen-bond donors (Lipinski definition) is 2. The maximum absolute atomic E-state index is 8.78. The highest BCUT2D eigenvalue weighted by molar-refractivity contribution is 6.20. The summed E-state index contributed by atoms with van der Waals surface area (Å²) in [6, 6.07) is 0. The molecule has 0 radical (unpaired) electrons. The van der Waals surface area contributed by atoms with Crippen LogP contribution in [-0.2, 0) is 0 Å². The van der Waals surface area contributed by atoms with Gasteiger partial charge in [0.15, 0.2) is 0 Å². The fourth-order valence-corrected chi connectivity index (χ4v) is 0. The average Bonchev–Trinajstić information content (AvgIpc) is 1.65. The summed E-state index contributed by atoms with van der Waals surface area (Å²) in [6.45, 7) is 4.05. The molecule has 0 fully saturated rings. The molecule has 0 saturated carbocycles. The molecular formula is C5H12ClNO2. The van der Waals surface area contributed by atoms with Crippen LogP contribution in [0.3, 0.4) is 0 Å². The van der Waals surface area contributed by atoms with Gasteiger partial charge < -0.3 is 10.8 Å². The number of carboxylic acid groups (broad SMARTS) is 1. The monoisotopic (exact) mass is 153 g/mol. The summed E-state index contributed by atoms with van der Waals surface area (Å²) in [5.74, 6) is 0. The Morgan fingerprint density at radius 1 is 1.89 bits per heavy atom. The van der Waals surface area contributed by atoms with E-state index in [4.69, 9.17) is 21.5 Å². The van der Waals surface area contributed by atoms with E-state index in [1.54, 1.807) is 0 Å². The molecular weight excluding hydrogens is 142 g/mol.